The second-order valence-corrected chi connectivity index (χ2v) is 4.03. The molecule has 106 valence electrons. The average molecular weight is 251 g/mol. The normalized spacial score (nSPS) is 12.2. The summed E-state index contributed by atoms with van der Waals surface area (Å²) in [6.07, 6.45) is 2.92. The SMILES string of the molecule is CC(O)CN(CCO)CCO.CCCCCO. The van der Waals surface area contributed by atoms with Gasteiger partial charge < -0.3 is 20.4 Å². The Balaban J connectivity index is 0. The summed E-state index contributed by atoms with van der Waals surface area (Å²) in [5.41, 5.74) is 0. The lowest BCUT2D eigenvalue weighted by atomic mass is 10.3. The molecule has 5 nitrogen and oxygen atoms in total. The van der Waals surface area contributed by atoms with Crippen LogP contribution in [0.1, 0.15) is 33.1 Å². The van der Waals surface area contributed by atoms with Crippen molar-refractivity contribution in [1.82, 2.24) is 4.90 Å². The van der Waals surface area contributed by atoms with Gasteiger partial charge in [-0.2, -0.15) is 0 Å². The van der Waals surface area contributed by atoms with Crippen molar-refractivity contribution in [2.75, 3.05) is 39.5 Å². The van der Waals surface area contributed by atoms with Crippen LogP contribution in [0.2, 0.25) is 0 Å². The summed E-state index contributed by atoms with van der Waals surface area (Å²) in [6.45, 7) is 5.79. The minimum atomic E-state index is -0.409. The minimum absolute atomic E-state index is 0.0622. The van der Waals surface area contributed by atoms with Crippen molar-refractivity contribution in [2.24, 2.45) is 0 Å². The van der Waals surface area contributed by atoms with Crippen LogP contribution >= 0.6 is 0 Å². The number of unbranched alkanes of at least 4 members (excludes halogenated alkanes) is 2. The molecule has 0 aromatic rings. The predicted octanol–water partition coefficient (Wildman–Crippen LogP) is -0.177. The molecular formula is C12H29NO4. The first-order chi connectivity index (χ1) is 8.12. The molecule has 0 aromatic heterocycles. The molecule has 0 fully saturated rings. The molecule has 0 saturated carbocycles. The Morgan fingerprint density at radius 2 is 1.47 bits per heavy atom. The van der Waals surface area contributed by atoms with Crippen molar-refractivity contribution in [3.63, 3.8) is 0 Å². The summed E-state index contributed by atoms with van der Waals surface area (Å²) in [5, 5.41) is 34.3. The largest absolute Gasteiger partial charge is 0.396 e. The van der Waals surface area contributed by atoms with Crippen LogP contribution < -0.4 is 0 Å². The van der Waals surface area contributed by atoms with E-state index in [1.165, 1.54) is 6.42 Å². The Kier molecular flexibility index (Phi) is 17.8. The van der Waals surface area contributed by atoms with Gasteiger partial charge >= 0.3 is 0 Å². The number of hydrogen-bond acceptors (Lipinski definition) is 5. The maximum absolute atomic E-state index is 8.97. The van der Waals surface area contributed by atoms with Crippen LogP contribution in [-0.2, 0) is 0 Å². The second kappa shape index (κ2) is 15.8. The number of aliphatic hydroxyl groups is 4. The summed E-state index contributed by atoms with van der Waals surface area (Å²) in [4.78, 5) is 1.81. The number of nitrogens with zero attached hydrogens (tertiary/aromatic N) is 1. The third kappa shape index (κ3) is 18.4. The third-order valence-electron chi connectivity index (χ3n) is 2.12. The Bertz CT molecular complexity index is 124. The molecule has 0 saturated heterocycles. The van der Waals surface area contributed by atoms with Gasteiger partial charge in [0.05, 0.1) is 19.3 Å². The summed E-state index contributed by atoms with van der Waals surface area (Å²) in [6, 6.07) is 0. The van der Waals surface area contributed by atoms with Crippen molar-refractivity contribution >= 4 is 0 Å². The third-order valence-corrected chi connectivity index (χ3v) is 2.12. The fourth-order valence-corrected chi connectivity index (χ4v) is 1.31. The van der Waals surface area contributed by atoms with E-state index in [0.717, 1.165) is 12.8 Å². The number of aliphatic hydroxyl groups excluding tert-OH is 4. The van der Waals surface area contributed by atoms with Gasteiger partial charge in [0.15, 0.2) is 0 Å². The zero-order chi connectivity index (χ0) is 13.5. The molecule has 0 amide bonds. The monoisotopic (exact) mass is 251 g/mol. The van der Waals surface area contributed by atoms with Gasteiger partial charge in [0.1, 0.15) is 0 Å². The zero-order valence-electron chi connectivity index (χ0n) is 11.2. The zero-order valence-corrected chi connectivity index (χ0v) is 11.2. The predicted molar refractivity (Wildman–Crippen MR) is 68.9 cm³/mol. The van der Waals surface area contributed by atoms with Gasteiger partial charge in [-0.25, -0.2) is 0 Å². The first kappa shape index (κ1) is 19.1. The summed E-state index contributed by atoms with van der Waals surface area (Å²) in [7, 11) is 0. The Labute approximate surface area is 105 Å². The van der Waals surface area contributed by atoms with Gasteiger partial charge in [-0.15, -0.1) is 0 Å². The van der Waals surface area contributed by atoms with Crippen LogP contribution in [0.3, 0.4) is 0 Å². The van der Waals surface area contributed by atoms with Crippen molar-refractivity contribution in [1.29, 1.82) is 0 Å². The molecule has 17 heavy (non-hydrogen) atoms. The van der Waals surface area contributed by atoms with Crippen molar-refractivity contribution in [3.05, 3.63) is 0 Å². The second-order valence-electron chi connectivity index (χ2n) is 4.03. The molecule has 0 heterocycles. The Morgan fingerprint density at radius 3 is 1.71 bits per heavy atom. The van der Waals surface area contributed by atoms with Gasteiger partial charge in [0.2, 0.25) is 0 Å². The van der Waals surface area contributed by atoms with Crippen molar-refractivity contribution < 1.29 is 20.4 Å². The molecule has 1 atom stereocenters. The summed E-state index contributed by atoms with van der Waals surface area (Å²) >= 11 is 0. The van der Waals surface area contributed by atoms with E-state index >= 15 is 0 Å². The highest BCUT2D eigenvalue weighted by Gasteiger charge is 2.05. The molecular weight excluding hydrogens is 222 g/mol. The highest BCUT2D eigenvalue weighted by atomic mass is 16.3. The highest BCUT2D eigenvalue weighted by molar-refractivity contribution is 4.59. The molecule has 5 heteroatoms. The smallest absolute Gasteiger partial charge is 0.0639 e. The van der Waals surface area contributed by atoms with E-state index in [0.29, 0.717) is 26.2 Å². The number of hydrogen-bond donors (Lipinski definition) is 4. The Morgan fingerprint density at radius 1 is 0.941 bits per heavy atom. The molecule has 0 aliphatic heterocycles. The van der Waals surface area contributed by atoms with Crippen LogP contribution in [0, 0.1) is 0 Å². The van der Waals surface area contributed by atoms with Crippen molar-refractivity contribution in [2.45, 2.75) is 39.2 Å². The quantitative estimate of drug-likeness (QED) is 0.427. The minimum Gasteiger partial charge on any atom is -0.396 e. The first-order valence-electron chi connectivity index (χ1n) is 6.35. The molecule has 0 radical (unpaired) electrons. The molecule has 4 N–H and O–H groups in total. The molecule has 0 bridgehead atoms. The van der Waals surface area contributed by atoms with Crippen LogP contribution in [0.25, 0.3) is 0 Å². The lowest BCUT2D eigenvalue weighted by Crippen LogP contribution is -2.35. The Hall–Kier alpha value is -0.200. The van der Waals surface area contributed by atoms with Crippen molar-refractivity contribution in [3.8, 4) is 0 Å². The standard InChI is InChI=1S/C7H17NO3.C5H12O/c1-7(11)6-8(2-4-9)3-5-10;1-2-3-4-5-6/h7,9-11H,2-6H2,1H3;6H,2-5H2,1H3. The lowest BCUT2D eigenvalue weighted by Gasteiger charge is -2.21. The molecule has 1 unspecified atom stereocenters. The average Bonchev–Trinajstić information content (AvgIpc) is 2.27. The van der Waals surface area contributed by atoms with Gasteiger partial charge in [-0.3, -0.25) is 4.90 Å². The topological polar surface area (TPSA) is 84.2 Å². The fraction of sp³-hybridized carbons (Fsp3) is 1.00. The highest BCUT2D eigenvalue weighted by Crippen LogP contribution is 1.90. The van der Waals surface area contributed by atoms with E-state index in [1.54, 1.807) is 6.92 Å². The number of rotatable bonds is 9. The van der Waals surface area contributed by atoms with Crippen LogP contribution in [-0.4, -0.2) is 70.9 Å². The summed E-state index contributed by atoms with van der Waals surface area (Å²) in [5.74, 6) is 0. The molecule has 0 aromatic carbocycles. The maximum Gasteiger partial charge on any atom is 0.0639 e. The van der Waals surface area contributed by atoms with E-state index in [4.69, 9.17) is 20.4 Å². The van der Waals surface area contributed by atoms with Crippen LogP contribution in [0.15, 0.2) is 0 Å². The van der Waals surface area contributed by atoms with Crippen LogP contribution in [0.4, 0.5) is 0 Å². The summed E-state index contributed by atoms with van der Waals surface area (Å²) < 4.78 is 0. The lowest BCUT2D eigenvalue weighted by molar-refractivity contribution is 0.0972. The molecule has 0 spiro atoms. The molecule has 0 aliphatic rings. The van der Waals surface area contributed by atoms with E-state index in [2.05, 4.69) is 6.92 Å². The van der Waals surface area contributed by atoms with E-state index < -0.39 is 6.10 Å². The fourth-order valence-electron chi connectivity index (χ4n) is 1.31. The first-order valence-corrected chi connectivity index (χ1v) is 6.35. The van der Waals surface area contributed by atoms with Gasteiger partial charge in [0.25, 0.3) is 0 Å². The maximum atomic E-state index is 8.97. The van der Waals surface area contributed by atoms with E-state index in [-0.39, 0.29) is 13.2 Å². The van der Waals surface area contributed by atoms with Gasteiger partial charge in [-0.05, 0) is 13.3 Å². The van der Waals surface area contributed by atoms with Gasteiger partial charge in [0, 0.05) is 26.2 Å². The van der Waals surface area contributed by atoms with E-state index in [9.17, 15) is 0 Å². The molecule has 0 aliphatic carbocycles. The molecule has 0 rings (SSSR count). The van der Waals surface area contributed by atoms with Gasteiger partial charge in [-0.1, -0.05) is 19.8 Å². The van der Waals surface area contributed by atoms with E-state index in [1.807, 2.05) is 4.90 Å². The van der Waals surface area contributed by atoms with Crippen LogP contribution in [0.5, 0.6) is 0 Å².